The number of primary amides is 1. The highest BCUT2D eigenvalue weighted by molar-refractivity contribution is 9.10. The van der Waals surface area contributed by atoms with Gasteiger partial charge in [-0.05, 0) is 34.1 Å². The monoisotopic (exact) mass is 365 g/mol. The van der Waals surface area contributed by atoms with Gasteiger partial charge in [0.1, 0.15) is 0 Å². The van der Waals surface area contributed by atoms with Gasteiger partial charge in [0.25, 0.3) is 5.91 Å². The Morgan fingerprint density at radius 3 is 2.76 bits per heavy atom. The molecule has 108 valence electrons. The van der Waals surface area contributed by atoms with Gasteiger partial charge >= 0.3 is 0 Å². The smallest absolute Gasteiger partial charge is 0.257 e. The maximum Gasteiger partial charge on any atom is 0.257 e. The first-order valence-electron chi connectivity index (χ1n) is 5.98. The summed E-state index contributed by atoms with van der Waals surface area (Å²) in [6.07, 6.45) is 3.09. The topological polar surface area (TPSA) is 85.1 Å². The summed E-state index contributed by atoms with van der Waals surface area (Å²) < 4.78 is 0.728. The number of amides is 2. The molecule has 1 aromatic carbocycles. The van der Waals surface area contributed by atoms with Crippen molar-refractivity contribution in [1.82, 2.24) is 4.98 Å². The van der Waals surface area contributed by atoms with Crippen molar-refractivity contribution in [3.05, 3.63) is 52.8 Å². The van der Waals surface area contributed by atoms with Crippen LogP contribution in [0.5, 0.6) is 0 Å². The van der Waals surface area contributed by atoms with Gasteiger partial charge in [-0.25, -0.2) is 0 Å². The molecule has 0 spiro atoms. The van der Waals surface area contributed by atoms with E-state index in [4.69, 9.17) is 5.73 Å². The van der Waals surface area contributed by atoms with Crippen LogP contribution in [0.1, 0.15) is 10.4 Å². The van der Waals surface area contributed by atoms with Crippen molar-refractivity contribution in [2.75, 3.05) is 11.1 Å². The number of carbonyl (C=O) groups excluding carboxylic acids is 2. The van der Waals surface area contributed by atoms with E-state index >= 15 is 0 Å². The standard InChI is InChI=1S/C14H12BrN3O2S/c15-10-5-9(6-17-7-10)14(20)18-11-3-1-2-4-12(11)21-8-13(16)19/h1-7H,8H2,(H2,16,19)(H,18,20). The SMILES string of the molecule is NC(=O)CSc1ccccc1NC(=O)c1cncc(Br)c1. The zero-order valence-electron chi connectivity index (χ0n) is 10.9. The second-order valence-corrected chi connectivity index (χ2v) is 6.03. The molecule has 0 saturated carbocycles. The Bertz CT molecular complexity index is 679. The molecule has 5 nitrogen and oxygen atoms in total. The van der Waals surface area contributed by atoms with Crippen LogP contribution in [0.4, 0.5) is 5.69 Å². The minimum Gasteiger partial charge on any atom is -0.369 e. The number of rotatable bonds is 5. The van der Waals surface area contributed by atoms with Crippen molar-refractivity contribution in [2.45, 2.75) is 4.90 Å². The van der Waals surface area contributed by atoms with Gasteiger partial charge in [-0.1, -0.05) is 12.1 Å². The summed E-state index contributed by atoms with van der Waals surface area (Å²) in [7, 11) is 0. The van der Waals surface area contributed by atoms with E-state index in [1.165, 1.54) is 18.0 Å². The first kappa shape index (κ1) is 15.5. The predicted octanol–water partition coefficient (Wildman–Crippen LogP) is 2.67. The minimum absolute atomic E-state index is 0.158. The Hall–Kier alpha value is -1.86. The number of anilines is 1. The molecule has 0 bridgehead atoms. The maximum atomic E-state index is 12.2. The predicted molar refractivity (Wildman–Crippen MR) is 86.3 cm³/mol. The molecule has 0 aliphatic heterocycles. The molecule has 0 atom stereocenters. The van der Waals surface area contributed by atoms with Gasteiger partial charge < -0.3 is 11.1 Å². The third-order valence-corrected chi connectivity index (χ3v) is 4.00. The summed E-state index contributed by atoms with van der Waals surface area (Å²) in [5, 5.41) is 2.81. The highest BCUT2D eigenvalue weighted by Crippen LogP contribution is 2.27. The molecule has 0 unspecified atom stereocenters. The number of halogens is 1. The second kappa shape index (κ2) is 7.24. The number of pyridine rings is 1. The third-order valence-electron chi connectivity index (χ3n) is 2.47. The molecular weight excluding hydrogens is 354 g/mol. The lowest BCUT2D eigenvalue weighted by Crippen LogP contribution is -2.15. The van der Waals surface area contributed by atoms with Gasteiger partial charge in [-0.15, -0.1) is 11.8 Å². The summed E-state index contributed by atoms with van der Waals surface area (Å²) in [4.78, 5) is 27.8. The van der Waals surface area contributed by atoms with E-state index in [1.807, 2.05) is 18.2 Å². The van der Waals surface area contributed by atoms with Crippen LogP contribution in [0.2, 0.25) is 0 Å². The van der Waals surface area contributed by atoms with Crippen LogP contribution in [-0.2, 0) is 4.79 Å². The normalized spacial score (nSPS) is 10.1. The third kappa shape index (κ3) is 4.57. The fourth-order valence-corrected chi connectivity index (χ4v) is 2.69. The van der Waals surface area contributed by atoms with Gasteiger partial charge in [0.05, 0.1) is 17.0 Å². The summed E-state index contributed by atoms with van der Waals surface area (Å²) in [6.45, 7) is 0. The number of carbonyl (C=O) groups is 2. The highest BCUT2D eigenvalue weighted by atomic mass is 79.9. The van der Waals surface area contributed by atoms with Crippen molar-refractivity contribution in [3.8, 4) is 0 Å². The number of nitrogens with one attached hydrogen (secondary N) is 1. The van der Waals surface area contributed by atoms with E-state index in [-0.39, 0.29) is 11.7 Å². The van der Waals surface area contributed by atoms with E-state index in [0.29, 0.717) is 11.3 Å². The highest BCUT2D eigenvalue weighted by Gasteiger charge is 2.10. The molecule has 0 radical (unpaired) electrons. The Morgan fingerprint density at radius 2 is 2.05 bits per heavy atom. The van der Waals surface area contributed by atoms with Crippen LogP contribution in [0.15, 0.2) is 52.1 Å². The lowest BCUT2D eigenvalue weighted by Gasteiger charge is -2.10. The summed E-state index contributed by atoms with van der Waals surface area (Å²) in [5.41, 5.74) is 6.22. The number of thioether (sulfide) groups is 1. The lowest BCUT2D eigenvalue weighted by atomic mass is 10.2. The first-order valence-corrected chi connectivity index (χ1v) is 7.76. The number of benzene rings is 1. The Balaban J connectivity index is 2.15. The molecular formula is C14H12BrN3O2S. The average Bonchev–Trinajstić information content (AvgIpc) is 2.46. The maximum absolute atomic E-state index is 12.2. The Morgan fingerprint density at radius 1 is 1.29 bits per heavy atom. The molecule has 0 saturated heterocycles. The van der Waals surface area contributed by atoms with Crippen LogP contribution >= 0.6 is 27.7 Å². The van der Waals surface area contributed by atoms with Crippen LogP contribution in [0.3, 0.4) is 0 Å². The molecule has 1 aromatic heterocycles. The molecule has 21 heavy (non-hydrogen) atoms. The van der Waals surface area contributed by atoms with Crippen LogP contribution in [0, 0.1) is 0 Å². The van der Waals surface area contributed by atoms with Crippen molar-refractivity contribution in [1.29, 1.82) is 0 Å². The number of aromatic nitrogens is 1. The van der Waals surface area contributed by atoms with Crippen molar-refractivity contribution >= 4 is 45.2 Å². The first-order chi connectivity index (χ1) is 10.1. The van der Waals surface area contributed by atoms with Gasteiger partial charge in [0.2, 0.25) is 5.91 Å². The molecule has 1 heterocycles. The number of hydrogen-bond donors (Lipinski definition) is 2. The number of hydrogen-bond acceptors (Lipinski definition) is 4. The van der Waals surface area contributed by atoms with Gasteiger partial charge in [0, 0.05) is 21.8 Å². The van der Waals surface area contributed by atoms with Crippen LogP contribution < -0.4 is 11.1 Å². The molecule has 0 aliphatic rings. The van der Waals surface area contributed by atoms with E-state index in [9.17, 15) is 9.59 Å². The average molecular weight is 366 g/mol. The van der Waals surface area contributed by atoms with E-state index in [0.717, 1.165) is 9.37 Å². The largest absolute Gasteiger partial charge is 0.369 e. The summed E-state index contributed by atoms with van der Waals surface area (Å²) in [6, 6.07) is 8.92. The molecule has 2 rings (SSSR count). The molecule has 2 aromatic rings. The number of para-hydroxylation sites is 1. The van der Waals surface area contributed by atoms with E-state index in [2.05, 4.69) is 26.2 Å². The van der Waals surface area contributed by atoms with E-state index < -0.39 is 5.91 Å². The zero-order chi connectivity index (χ0) is 15.2. The van der Waals surface area contributed by atoms with Gasteiger partial charge in [-0.3, -0.25) is 14.6 Å². The minimum atomic E-state index is -0.405. The molecule has 7 heteroatoms. The van der Waals surface area contributed by atoms with Gasteiger partial charge in [0.15, 0.2) is 0 Å². The van der Waals surface area contributed by atoms with Crippen LogP contribution in [-0.4, -0.2) is 22.6 Å². The lowest BCUT2D eigenvalue weighted by molar-refractivity contribution is -0.115. The number of nitrogens with zero attached hydrogens (tertiary/aromatic N) is 1. The molecule has 0 fully saturated rings. The van der Waals surface area contributed by atoms with Crippen molar-refractivity contribution < 1.29 is 9.59 Å². The fraction of sp³-hybridized carbons (Fsp3) is 0.0714. The zero-order valence-corrected chi connectivity index (χ0v) is 13.3. The second-order valence-electron chi connectivity index (χ2n) is 4.10. The fourth-order valence-electron chi connectivity index (χ4n) is 1.58. The van der Waals surface area contributed by atoms with Crippen molar-refractivity contribution in [2.24, 2.45) is 5.73 Å². The van der Waals surface area contributed by atoms with Crippen molar-refractivity contribution in [3.63, 3.8) is 0 Å². The molecule has 3 N–H and O–H groups in total. The Kier molecular flexibility index (Phi) is 5.35. The summed E-state index contributed by atoms with van der Waals surface area (Å²) >= 11 is 4.55. The number of nitrogens with two attached hydrogens (primary N) is 1. The molecule has 0 aliphatic carbocycles. The molecule has 2 amide bonds. The Labute approximate surface area is 134 Å². The summed E-state index contributed by atoms with van der Waals surface area (Å²) in [5.74, 6) is -0.515. The quantitative estimate of drug-likeness (QED) is 0.797. The van der Waals surface area contributed by atoms with Crippen LogP contribution in [0.25, 0.3) is 0 Å². The van der Waals surface area contributed by atoms with Gasteiger partial charge in [-0.2, -0.15) is 0 Å². The van der Waals surface area contributed by atoms with E-state index in [1.54, 1.807) is 18.3 Å².